The summed E-state index contributed by atoms with van der Waals surface area (Å²) in [6, 6.07) is 15.7. The fourth-order valence-corrected chi connectivity index (χ4v) is 4.46. The van der Waals surface area contributed by atoms with E-state index in [0.29, 0.717) is 12.8 Å². The number of hydrogen-bond donors (Lipinski definition) is 1. The van der Waals surface area contributed by atoms with Crippen LogP contribution in [0.15, 0.2) is 48.5 Å². The number of ether oxygens (including phenoxy) is 2. The molecule has 0 radical (unpaired) electrons. The zero-order valence-electron chi connectivity index (χ0n) is 16.6. The number of amides is 1. The maximum absolute atomic E-state index is 14.6. The van der Waals surface area contributed by atoms with Gasteiger partial charge in [0, 0.05) is 25.7 Å². The van der Waals surface area contributed by atoms with Crippen molar-refractivity contribution in [3.63, 3.8) is 0 Å². The van der Waals surface area contributed by atoms with E-state index >= 15 is 0 Å². The van der Waals surface area contributed by atoms with Crippen LogP contribution in [0.4, 0.5) is 13.6 Å². The summed E-state index contributed by atoms with van der Waals surface area (Å²) >= 11 is 0. The molecule has 5 nitrogen and oxygen atoms in total. The zero-order valence-corrected chi connectivity index (χ0v) is 16.6. The summed E-state index contributed by atoms with van der Waals surface area (Å²) in [5.41, 5.74) is 1.79. The number of alkyl carbamates (subject to hydrolysis) is 1. The van der Waals surface area contributed by atoms with Gasteiger partial charge < -0.3 is 9.47 Å². The largest absolute Gasteiger partial charge is 0.448 e. The van der Waals surface area contributed by atoms with Gasteiger partial charge >= 0.3 is 18.0 Å². The molecule has 2 aliphatic rings. The molecule has 2 aromatic carbocycles. The molecule has 4 rings (SSSR count). The molecule has 1 amide bonds. The molecule has 30 heavy (non-hydrogen) atoms. The summed E-state index contributed by atoms with van der Waals surface area (Å²) in [7, 11) is 0. The van der Waals surface area contributed by atoms with Crippen molar-refractivity contribution in [3.05, 3.63) is 59.7 Å². The minimum absolute atomic E-state index is 0.0123. The van der Waals surface area contributed by atoms with E-state index in [1.54, 1.807) is 0 Å². The Morgan fingerprint density at radius 1 is 1.00 bits per heavy atom. The van der Waals surface area contributed by atoms with Crippen molar-refractivity contribution in [1.29, 1.82) is 0 Å². The highest BCUT2D eigenvalue weighted by Gasteiger charge is 2.59. The lowest BCUT2D eigenvalue weighted by atomic mass is 9.87. The Labute approximate surface area is 173 Å². The maximum Gasteiger partial charge on any atom is 0.410 e. The van der Waals surface area contributed by atoms with Gasteiger partial charge in [0.25, 0.3) is 5.72 Å². The zero-order chi connectivity index (χ0) is 21.4. The topological polar surface area (TPSA) is 64.6 Å². The number of rotatable bonds is 4. The van der Waals surface area contributed by atoms with E-state index < -0.39 is 30.1 Å². The Bertz CT molecular complexity index is 932. The van der Waals surface area contributed by atoms with Crippen LogP contribution in [0.3, 0.4) is 0 Å². The second-order valence-corrected chi connectivity index (χ2v) is 7.78. The first-order chi connectivity index (χ1) is 14.3. The van der Waals surface area contributed by atoms with E-state index in [9.17, 15) is 18.4 Å². The molecule has 0 bridgehead atoms. The van der Waals surface area contributed by atoms with Gasteiger partial charge in [0.15, 0.2) is 0 Å². The van der Waals surface area contributed by atoms with Crippen molar-refractivity contribution in [2.75, 3.05) is 6.61 Å². The number of benzene rings is 2. The molecule has 0 aromatic heterocycles. The summed E-state index contributed by atoms with van der Waals surface area (Å²) in [4.78, 5) is 24.0. The normalized spacial score (nSPS) is 22.0. The van der Waals surface area contributed by atoms with Gasteiger partial charge in [0.05, 0.1) is 0 Å². The lowest BCUT2D eigenvalue weighted by molar-refractivity contribution is -0.234. The van der Waals surface area contributed by atoms with Crippen LogP contribution in [0, 0.1) is 0 Å². The number of carbonyl (C=O) groups excluding carboxylic acids is 2. The number of fused-ring (bicyclic) bond motifs is 3. The van der Waals surface area contributed by atoms with Gasteiger partial charge in [0.2, 0.25) is 0 Å². The third-order valence-corrected chi connectivity index (χ3v) is 5.83. The highest BCUT2D eigenvalue weighted by molar-refractivity contribution is 5.79. The van der Waals surface area contributed by atoms with E-state index in [2.05, 4.69) is 5.32 Å². The highest BCUT2D eigenvalue weighted by Crippen LogP contribution is 2.45. The monoisotopic (exact) mass is 415 g/mol. The summed E-state index contributed by atoms with van der Waals surface area (Å²) in [6.07, 6.45) is -0.956. The molecule has 7 heteroatoms. The van der Waals surface area contributed by atoms with Crippen LogP contribution < -0.4 is 5.32 Å². The van der Waals surface area contributed by atoms with E-state index in [-0.39, 0.29) is 18.9 Å². The van der Waals surface area contributed by atoms with E-state index in [1.165, 1.54) is 0 Å². The average molecular weight is 415 g/mol. The van der Waals surface area contributed by atoms with Gasteiger partial charge in [-0.25, -0.2) is 4.79 Å². The third-order valence-electron chi connectivity index (χ3n) is 5.83. The molecule has 0 heterocycles. The van der Waals surface area contributed by atoms with Crippen molar-refractivity contribution in [2.24, 2.45) is 0 Å². The molecule has 2 aromatic rings. The van der Waals surface area contributed by atoms with E-state index in [0.717, 1.165) is 29.2 Å². The fraction of sp³-hybridized carbons (Fsp3) is 0.391. The molecule has 158 valence electrons. The molecule has 1 fully saturated rings. The molecule has 0 saturated heterocycles. The number of esters is 1. The first kappa shape index (κ1) is 20.3. The van der Waals surface area contributed by atoms with Gasteiger partial charge in [-0.15, -0.1) is 0 Å². The van der Waals surface area contributed by atoms with Crippen LogP contribution in [-0.2, 0) is 14.3 Å². The predicted octanol–water partition coefficient (Wildman–Crippen LogP) is 4.99. The second-order valence-electron chi connectivity index (χ2n) is 7.78. The van der Waals surface area contributed by atoms with Gasteiger partial charge in [0.1, 0.15) is 6.61 Å². The second kappa shape index (κ2) is 7.70. The van der Waals surface area contributed by atoms with Crippen LogP contribution in [0.2, 0.25) is 0 Å². The number of halogens is 2. The number of alkyl halides is 2. The Morgan fingerprint density at radius 3 is 2.13 bits per heavy atom. The molecular formula is C23H23F2NO4. The quantitative estimate of drug-likeness (QED) is 0.564. The molecule has 0 aliphatic heterocycles. The van der Waals surface area contributed by atoms with Gasteiger partial charge in [-0.05, 0) is 35.1 Å². The summed E-state index contributed by atoms with van der Waals surface area (Å²) in [6.45, 7) is 1.04. The van der Waals surface area contributed by atoms with Crippen LogP contribution in [-0.4, -0.2) is 30.3 Å². The number of carbonyl (C=O) groups is 2. The first-order valence-electron chi connectivity index (χ1n) is 10.0. The Morgan fingerprint density at radius 2 is 1.57 bits per heavy atom. The van der Waals surface area contributed by atoms with Crippen molar-refractivity contribution >= 4 is 12.1 Å². The van der Waals surface area contributed by atoms with Crippen LogP contribution >= 0.6 is 0 Å². The SMILES string of the molecule is CC(=O)O[C@@]1(NC(=O)OCC2c3ccccc3-c3ccccc32)CCCCC1(F)F. The van der Waals surface area contributed by atoms with Crippen molar-refractivity contribution < 1.29 is 27.8 Å². The molecule has 1 saturated carbocycles. The summed E-state index contributed by atoms with van der Waals surface area (Å²) in [5, 5.41) is 2.17. The minimum atomic E-state index is -3.37. The highest BCUT2D eigenvalue weighted by atomic mass is 19.3. The third kappa shape index (κ3) is 3.53. The van der Waals surface area contributed by atoms with Crippen LogP contribution in [0.25, 0.3) is 11.1 Å². The smallest absolute Gasteiger partial charge is 0.410 e. The molecule has 1 atom stereocenters. The number of nitrogens with one attached hydrogen (secondary N) is 1. The van der Waals surface area contributed by atoms with Gasteiger partial charge in [-0.2, -0.15) is 8.78 Å². The standard InChI is InChI=1S/C23H23F2NO4/c1-15(27)30-23(13-7-6-12-22(23,24)25)26-21(28)29-14-20-18-10-4-2-8-16(18)17-9-3-5-11-19(17)20/h2-5,8-11,20H,6-7,12-14H2,1H3,(H,26,28)/t23-/m0/s1. The Kier molecular flexibility index (Phi) is 5.22. The van der Waals surface area contributed by atoms with E-state index in [1.807, 2.05) is 48.5 Å². The maximum atomic E-state index is 14.6. The minimum Gasteiger partial charge on any atom is -0.448 e. The van der Waals surface area contributed by atoms with Gasteiger partial charge in [-0.1, -0.05) is 48.5 Å². The summed E-state index contributed by atoms with van der Waals surface area (Å²) in [5.74, 6) is -4.45. The molecular weight excluding hydrogens is 392 g/mol. The van der Waals surface area contributed by atoms with Crippen LogP contribution in [0.5, 0.6) is 0 Å². The van der Waals surface area contributed by atoms with Crippen molar-refractivity contribution in [3.8, 4) is 11.1 Å². The van der Waals surface area contributed by atoms with Crippen LogP contribution in [0.1, 0.15) is 49.7 Å². The number of hydrogen-bond acceptors (Lipinski definition) is 4. The molecule has 0 unspecified atom stereocenters. The fourth-order valence-electron chi connectivity index (χ4n) is 4.46. The Hall–Kier alpha value is -2.96. The van der Waals surface area contributed by atoms with Crippen molar-refractivity contribution in [1.82, 2.24) is 5.32 Å². The molecule has 1 N–H and O–H groups in total. The predicted molar refractivity (Wildman–Crippen MR) is 106 cm³/mol. The Balaban J connectivity index is 1.51. The summed E-state index contributed by atoms with van der Waals surface area (Å²) < 4.78 is 39.6. The molecule has 0 spiro atoms. The average Bonchev–Trinajstić information content (AvgIpc) is 3.02. The van der Waals surface area contributed by atoms with Crippen molar-refractivity contribution in [2.45, 2.75) is 50.2 Å². The van der Waals surface area contributed by atoms with E-state index in [4.69, 9.17) is 9.47 Å². The first-order valence-corrected chi connectivity index (χ1v) is 10.0. The lowest BCUT2D eigenvalue weighted by Crippen LogP contribution is -2.64. The van der Waals surface area contributed by atoms with Gasteiger partial charge in [-0.3, -0.25) is 10.1 Å². The lowest BCUT2D eigenvalue weighted by Gasteiger charge is -2.42. The molecule has 2 aliphatic carbocycles.